The van der Waals surface area contributed by atoms with E-state index in [9.17, 15) is 9.59 Å². The summed E-state index contributed by atoms with van der Waals surface area (Å²) in [5, 5.41) is 14.9. The summed E-state index contributed by atoms with van der Waals surface area (Å²) < 4.78 is 0. The van der Waals surface area contributed by atoms with Crippen molar-refractivity contribution in [1.29, 1.82) is 0 Å². The minimum absolute atomic E-state index is 0.104. The van der Waals surface area contributed by atoms with E-state index >= 15 is 0 Å². The Bertz CT molecular complexity index is 291. The van der Waals surface area contributed by atoms with Gasteiger partial charge in [-0.05, 0) is 24.8 Å². The largest absolute Gasteiger partial charge is 0.480 e. The first-order chi connectivity index (χ1) is 7.82. The maximum atomic E-state index is 11.9. The number of carbonyl (C=O) groups excluding carboxylic acids is 1. The number of rotatable bonds is 3. The minimum Gasteiger partial charge on any atom is -0.480 e. The van der Waals surface area contributed by atoms with Gasteiger partial charge in [0.2, 0.25) is 5.91 Å². The van der Waals surface area contributed by atoms with Crippen molar-refractivity contribution in [2.24, 2.45) is 11.3 Å². The fraction of sp³-hybridized carbons (Fsp3) is 0.833. The zero-order valence-electron chi connectivity index (χ0n) is 10.7. The number of nitrogens with one attached hydrogen (secondary N) is 2. The Morgan fingerprint density at radius 1 is 1.41 bits per heavy atom. The van der Waals surface area contributed by atoms with E-state index in [0.717, 1.165) is 19.4 Å². The first-order valence-corrected chi connectivity index (χ1v) is 6.06. The average molecular weight is 242 g/mol. The summed E-state index contributed by atoms with van der Waals surface area (Å²) in [5.74, 6) is -1.23. The van der Waals surface area contributed by atoms with Crippen molar-refractivity contribution in [1.82, 2.24) is 10.6 Å². The van der Waals surface area contributed by atoms with Gasteiger partial charge in [-0.1, -0.05) is 20.8 Å². The molecule has 5 heteroatoms. The smallest absolute Gasteiger partial charge is 0.326 e. The second-order valence-electron chi connectivity index (χ2n) is 5.69. The van der Waals surface area contributed by atoms with E-state index in [1.165, 1.54) is 0 Å². The van der Waals surface area contributed by atoms with Gasteiger partial charge in [0.1, 0.15) is 6.04 Å². The number of carboxylic acid groups (broad SMARTS) is 1. The van der Waals surface area contributed by atoms with Gasteiger partial charge in [-0.2, -0.15) is 0 Å². The van der Waals surface area contributed by atoms with Crippen molar-refractivity contribution in [2.45, 2.75) is 39.7 Å². The van der Waals surface area contributed by atoms with Crippen LogP contribution in [0.4, 0.5) is 0 Å². The van der Waals surface area contributed by atoms with E-state index in [1.54, 1.807) is 0 Å². The van der Waals surface area contributed by atoms with Gasteiger partial charge in [-0.25, -0.2) is 4.79 Å². The predicted molar refractivity (Wildman–Crippen MR) is 64.6 cm³/mol. The molecule has 0 aliphatic carbocycles. The summed E-state index contributed by atoms with van der Waals surface area (Å²) in [6.07, 6.45) is 1.79. The molecular weight excluding hydrogens is 220 g/mol. The first kappa shape index (κ1) is 14.0. The average Bonchev–Trinajstić information content (AvgIpc) is 2.24. The van der Waals surface area contributed by atoms with Crippen LogP contribution in [-0.4, -0.2) is 36.1 Å². The van der Waals surface area contributed by atoms with Gasteiger partial charge >= 0.3 is 5.97 Å². The number of aliphatic carboxylic acids is 1. The molecule has 1 aliphatic heterocycles. The van der Waals surface area contributed by atoms with Crippen molar-refractivity contribution in [3.05, 3.63) is 0 Å². The molecule has 1 fully saturated rings. The number of carboxylic acids is 1. The Hall–Kier alpha value is -1.10. The van der Waals surface area contributed by atoms with Crippen LogP contribution < -0.4 is 10.6 Å². The molecule has 0 bridgehead atoms. The van der Waals surface area contributed by atoms with Crippen LogP contribution >= 0.6 is 0 Å². The zero-order valence-corrected chi connectivity index (χ0v) is 10.7. The van der Waals surface area contributed by atoms with E-state index in [0.29, 0.717) is 6.54 Å². The molecule has 1 rings (SSSR count). The number of amides is 1. The maximum absolute atomic E-state index is 11.9. The fourth-order valence-corrected chi connectivity index (χ4v) is 1.98. The molecule has 17 heavy (non-hydrogen) atoms. The summed E-state index contributed by atoms with van der Waals surface area (Å²) in [5.41, 5.74) is -0.483. The van der Waals surface area contributed by atoms with Crippen LogP contribution in [0.15, 0.2) is 0 Å². The van der Waals surface area contributed by atoms with Crippen LogP contribution in [0, 0.1) is 11.3 Å². The monoisotopic (exact) mass is 242 g/mol. The third-order valence-corrected chi connectivity index (χ3v) is 3.07. The number of hydrogen-bond acceptors (Lipinski definition) is 3. The molecule has 98 valence electrons. The SMILES string of the molecule is CC(C)(C)C(NC(=O)C1CCCNC1)C(=O)O. The summed E-state index contributed by atoms with van der Waals surface area (Å²) >= 11 is 0. The molecule has 3 N–H and O–H groups in total. The summed E-state index contributed by atoms with van der Waals surface area (Å²) in [7, 11) is 0. The van der Waals surface area contributed by atoms with Crippen molar-refractivity contribution in [3.63, 3.8) is 0 Å². The maximum Gasteiger partial charge on any atom is 0.326 e. The van der Waals surface area contributed by atoms with Gasteiger partial charge in [-0.3, -0.25) is 4.79 Å². The summed E-state index contributed by atoms with van der Waals surface area (Å²) in [4.78, 5) is 23.1. The predicted octanol–water partition coefficient (Wildman–Crippen LogP) is 0.602. The first-order valence-electron chi connectivity index (χ1n) is 6.06. The molecule has 0 spiro atoms. The molecule has 2 atom stereocenters. The molecule has 2 unspecified atom stereocenters. The highest BCUT2D eigenvalue weighted by molar-refractivity contribution is 5.85. The summed E-state index contributed by atoms with van der Waals surface area (Å²) in [6, 6.07) is -0.836. The fourth-order valence-electron chi connectivity index (χ4n) is 1.98. The van der Waals surface area contributed by atoms with Crippen molar-refractivity contribution in [2.75, 3.05) is 13.1 Å². The minimum atomic E-state index is -0.977. The van der Waals surface area contributed by atoms with Crippen LogP contribution in [0.3, 0.4) is 0 Å². The molecular formula is C12H22N2O3. The van der Waals surface area contributed by atoms with Crippen LogP contribution in [0.2, 0.25) is 0 Å². The topological polar surface area (TPSA) is 78.4 Å². The quantitative estimate of drug-likeness (QED) is 0.677. The number of hydrogen-bond donors (Lipinski definition) is 3. The van der Waals surface area contributed by atoms with E-state index in [-0.39, 0.29) is 11.8 Å². The van der Waals surface area contributed by atoms with Crippen LogP contribution in [0.1, 0.15) is 33.6 Å². The van der Waals surface area contributed by atoms with E-state index in [2.05, 4.69) is 10.6 Å². The van der Waals surface area contributed by atoms with Gasteiger partial charge in [0, 0.05) is 6.54 Å². The second kappa shape index (κ2) is 5.49. The van der Waals surface area contributed by atoms with Crippen LogP contribution in [0.5, 0.6) is 0 Å². The third kappa shape index (κ3) is 4.00. The Morgan fingerprint density at radius 2 is 2.06 bits per heavy atom. The molecule has 0 saturated carbocycles. The lowest BCUT2D eigenvalue weighted by molar-refractivity contribution is -0.145. The van der Waals surface area contributed by atoms with E-state index in [4.69, 9.17) is 5.11 Å². The van der Waals surface area contributed by atoms with Crippen molar-refractivity contribution >= 4 is 11.9 Å². The molecule has 0 aromatic carbocycles. The Labute approximate surface area is 102 Å². The molecule has 0 aromatic rings. The lowest BCUT2D eigenvalue weighted by Gasteiger charge is -2.30. The number of piperidine rings is 1. The van der Waals surface area contributed by atoms with Crippen molar-refractivity contribution in [3.8, 4) is 0 Å². The summed E-state index contributed by atoms with van der Waals surface area (Å²) in [6.45, 7) is 7.01. The highest BCUT2D eigenvalue weighted by Gasteiger charge is 2.34. The number of carbonyl (C=O) groups is 2. The third-order valence-electron chi connectivity index (χ3n) is 3.07. The molecule has 1 heterocycles. The lowest BCUT2D eigenvalue weighted by Crippen LogP contribution is -2.52. The van der Waals surface area contributed by atoms with Gasteiger partial charge < -0.3 is 15.7 Å². The second-order valence-corrected chi connectivity index (χ2v) is 5.69. The molecule has 5 nitrogen and oxygen atoms in total. The standard InChI is InChI=1S/C12H22N2O3/c1-12(2,3)9(11(16)17)14-10(15)8-5-4-6-13-7-8/h8-9,13H,4-7H2,1-3H3,(H,14,15)(H,16,17). The van der Waals surface area contributed by atoms with Crippen molar-refractivity contribution < 1.29 is 14.7 Å². The Kier molecular flexibility index (Phi) is 4.51. The van der Waals surface area contributed by atoms with E-state index < -0.39 is 17.4 Å². The molecule has 1 aliphatic rings. The Balaban J connectivity index is 2.60. The van der Waals surface area contributed by atoms with Gasteiger partial charge in [0.15, 0.2) is 0 Å². The highest BCUT2D eigenvalue weighted by Crippen LogP contribution is 2.20. The molecule has 1 amide bonds. The zero-order chi connectivity index (χ0) is 13.1. The van der Waals surface area contributed by atoms with E-state index in [1.807, 2.05) is 20.8 Å². The van der Waals surface area contributed by atoms with Gasteiger partial charge in [0.05, 0.1) is 5.92 Å². The normalized spacial score (nSPS) is 22.9. The van der Waals surface area contributed by atoms with Gasteiger partial charge in [-0.15, -0.1) is 0 Å². The Morgan fingerprint density at radius 3 is 2.47 bits per heavy atom. The lowest BCUT2D eigenvalue weighted by atomic mass is 9.86. The van der Waals surface area contributed by atoms with Crippen LogP contribution in [0.25, 0.3) is 0 Å². The highest BCUT2D eigenvalue weighted by atomic mass is 16.4. The van der Waals surface area contributed by atoms with Crippen LogP contribution in [-0.2, 0) is 9.59 Å². The van der Waals surface area contributed by atoms with Gasteiger partial charge in [0.25, 0.3) is 0 Å². The molecule has 0 radical (unpaired) electrons. The molecule has 0 aromatic heterocycles. The molecule has 1 saturated heterocycles.